The molecule has 18 heavy (non-hydrogen) atoms. The number of nitrogens with zero attached hydrogens (tertiary/aromatic N) is 4. The van der Waals surface area contributed by atoms with Gasteiger partial charge >= 0.3 is 0 Å². The van der Waals surface area contributed by atoms with Crippen molar-refractivity contribution in [1.29, 1.82) is 0 Å². The van der Waals surface area contributed by atoms with Crippen LogP contribution in [-0.2, 0) is 0 Å². The Morgan fingerprint density at radius 3 is 2.89 bits per heavy atom. The van der Waals surface area contributed by atoms with Crippen LogP contribution in [0.1, 0.15) is 5.82 Å². The summed E-state index contributed by atoms with van der Waals surface area (Å²) in [6.07, 6.45) is 1.57. The predicted octanol–water partition coefficient (Wildman–Crippen LogP) is 2.92. The van der Waals surface area contributed by atoms with Crippen LogP contribution in [-0.4, -0.2) is 19.7 Å². The van der Waals surface area contributed by atoms with Crippen LogP contribution in [0.15, 0.2) is 30.5 Å². The third-order valence-corrected chi connectivity index (χ3v) is 2.83. The van der Waals surface area contributed by atoms with E-state index >= 15 is 0 Å². The maximum absolute atomic E-state index is 13.2. The lowest BCUT2D eigenvalue weighted by Crippen LogP contribution is -1.99. The van der Waals surface area contributed by atoms with E-state index in [0.29, 0.717) is 27.7 Å². The average Bonchev–Trinajstić information content (AvgIpc) is 2.72. The molecule has 0 unspecified atom stereocenters. The van der Waals surface area contributed by atoms with Gasteiger partial charge in [-0.3, -0.25) is 0 Å². The summed E-state index contributed by atoms with van der Waals surface area (Å²) < 4.78 is 14.8. The summed E-state index contributed by atoms with van der Waals surface area (Å²) in [5.74, 6) is 0.221. The molecule has 0 bridgehead atoms. The molecule has 2 aromatic heterocycles. The van der Waals surface area contributed by atoms with Crippen molar-refractivity contribution in [3.63, 3.8) is 0 Å². The lowest BCUT2D eigenvalue weighted by atomic mass is 10.3. The highest BCUT2D eigenvalue weighted by molar-refractivity contribution is 6.33. The van der Waals surface area contributed by atoms with Gasteiger partial charge in [0, 0.05) is 0 Å². The van der Waals surface area contributed by atoms with Crippen molar-refractivity contribution < 1.29 is 4.39 Å². The number of benzene rings is 1. The molecule has 0 fully saturated rings. The first-order valence-corrected chi connectivity index (χ1v) is 5.67. The number of aromatic nitrogens is 4. The summed E-state index contributed by atoms with van der Waals surface area (Å²) in [6, 6.07) is 6.13. The standard InChI is InChI=1S/C12H8ClFN4/c1-7-16-11(13)10-6-15-18(12(10)17-7)9-4-2-3-8(14)5-9/h2-6H,1H3. The monoisotopic (exact) mass is 262 g/mol. The Balaban J connectivity index is 2.30. The maximum atomic E-state index is 13.2. The lowest BCUT2D eigenvalue weighted by molar-refractivity contribution is 0.625. The van der Waals surface area contributed by atoms with E-state index in [-0.39, 0.29) is 5.82 Å². The summed E-state index contributed by atoms with van der Waals surface area (Å²) in [4.78, 5) is 8.34. The molecule has 3 aromatic rings. The molecule has 6 heteroatoms. The molecule has 0 spiro atoms. The Morgan fingerprint density at radius 1 is 1.28 bits per heavy atom. The molecule has 3 rings (SSSR count). The van der Waals surface area contributed by atoms with Crippen molar-refractivity contribution >= 4 is 22.6 Å². The molecule has 0 amide bonds. The topological polar surface area (TPSA) is 43.6 Å². The summed E-state index contributed by atoms with van der Waals surface area (Å²) in [5.41, 5.74) is 1.16. The minimum Gasteiger partial charge on any atom is -0.221 e. The molecule has 1 aromatic carbocycles. The van der Waals surface area contributed by atoms with Crippen LogP contribution in [0.5, 0.6) is 0 Å². The van der Waals surface area contributed by atoms with Gasteiger partial charge in [-0.05, 0) is 25.1 Å². The van der Waals surface area contributed by atoms with E-state index in [4.69, 9.17) is 11.6 Å². The van der Waals surface area contributed by atoms with Gasteiger partial charge < -0.3 is 0 Å². The zero-order chi connectivity index (χ0) is 12.7. The Kier molecular flexibility index (Phi) is 2.48. The summed E-state index contributed by atoms with van der Waals surface area (Å²) in [5, 5.41) is 5.16. The molecule has 0 radical (unpaired) electrons. The molecular weight excluding hydrogens is 255 g/mol. The van der Waals surface area contributed by atoms with Crippen LogP contribution in [0, 0.1) is 12.7 Å². The van der Waals surface area contributed by atoms with E-state index in [2.05, 4.69) is 15.1 Å². The molecule has 0 aliphatic heterocycles. The minimum atomic E-state index is -0.326. The molecule has 0 N–H and O–H groups in total. The Morgan fingerprint density at radius 2 is 2.11 bits per heavy atom. The van der Waals surface area contributed by atoms with Crippen molar-refractivity contribution in [1.82, 2.24) is 19.7 Å². The first kappa shape index (κ1) is 11.1. The Hall–Kier alpha value is -2.01. The fourth-order valence-corrected chi connectivity index (χ4v) is 2.03. The fraction of sp³-hybridized carbons (Fsp3) is 0.0833. The molecule has 0 atom stereocenters. The molecule has 0 aliphatic rings. The highest BCUT2D eigenvalue weighted by Crippen LogP contribution is 2.22. The third-order valence-electron chi connectivity index (χ3n) is 2.55. The van der Waals surface area contributed by atoms with E-state index in [1.807, 2.05) is 0 Å². The summed E-state index contributed by atoms with van der Waals surface area (Å²) in [6.45, 7) is 1.74. The second kappa shape index (κ2) is 4.03. The van der Waals surface area contributed by atoms with Crippen molar-refractivity contribution in [3.05, 3.63) is 47.3 Å². The van der Waals surface area contributed by atoms with Gasteiger partial charge in [0.05, 0.1) is 17.3 Å². The first-order valence-electron chi connectivity index (χ1n) is 5.29. The molecule has 2 heterocycles. The molecule has 90 valence electrons. The normalized spacial score (nSPS) is 11.1. The maximum Gasteiger partial charge on any atom is 0.168 e. The Labute approximate surface area is 107 Å². The number of aryl methyl sites for hydroxylation is 1. The van der Waals surface area contributed by atoms with E-state index < -0.39 is 0 Å². The van der Waals surface area contributed by atoms with E-state index in [9.17, 15) is 4.39 Å². The van der Waals surface area contributed by atoms with Crippen LogP contribution in [0.25, 0.3) is 16.7 Å². The van der Waals surface area contributed by atoms with Crippen molar-refractivity contribution in [2.24, 2.45) is 0 Å². The van der Waals surface area contributed by atoms with Gasteiger partial charge in [-0.15, -0.1) is 0 Å². The van der Waals surface area contributed by atoms with E-state index in [1.165, 1.54) is 12.1 Å². The Bertz CT molecular complexity index is 738. The van der Waals surface area contributed by atoms with Gasteiger partial charge in [0.1, 0.15) is 16.8 Å². The molecule has 4 nitrogen and oxygen atoms in total. The van der Waals surface area contributed by atoms with Crippen molar-refractivity contribution in [2.45, 2.75) is 6.92 Å². The highest BCUT2D eigenvalue weighted by Gasteiger charge is 2.11. The van der Waals surface area contributed by atoms with Crippen molar-refractivity contribution in [3.8, 4) is 5.69 Å². The zero-order valence-corrected chi connectivity index (χ0v) is 10.2. The van der Waals surface area contributed by atoms with Crippen LogP contribution in [0.4, 0.5) is 4.39 Å². The first-order chi connectivity index (χ1) is 8.65. The summed E-state index contributed by atoms with van der Waals surface area (Å²) in [7, 11) is 0. The average molecular weight is 263 g/mol. The number of rotatable bonds is 1. The van der Waals surface area contributed by atoms with Gasteiger partial charge in [-0.25, -0.2) is 19.0 Å². The van der Waals surface area contributed by atoms with Crippen LogP contribution >= 0.6 is 11.6 Å². The second-order valence-corrected chi connectivity index (χ2v) is 4.19. The largest absolute Gasteiger partial charge is 0.221 e. The SMILES string of the molecule is Cc1nc(Cl)c2cnn(-c3cccc(F)c3)c2n1. The molecule has 0 saturated heterocycles. The van der Waals surface area contributed by atoms with E-state index in [1.54, 1.807) is 29.9 Å². The predicted molar refractivity (Wildman–Crippen MR) is 66.4 cm³/mol. The van der Waals surface area contributed by atoms with E-state index in [0.717, 1.165) is 0 Å². The molecule has 0 saturated carbocycles. The van der Waals surface area contributed by atoms with Crippen molar-refractivity contribution in [2.75, 3.05) is 0 Å². The van der Waals surface area contributed by atoms with Gasteiger partial charge in [0.2, 0.25) is 0 Å². The molecule has 0 aliphatic carbocycles. The zero-order valence-electron chi connectivity index (χ0n) is 9.43. The van der Waals surface area contributed by atoms with Gasteiger partial charge in [-0.2, -0.15) is 5.10 Å². The summed E-state index contributed by atoms with van der Waals surface area (Å²) >= 11 is 6.02. The number of fused-ring (bicyclic) bond motifs is 1. The van der Waals surface area contributed by atoms with Crippen LogP contribution < -0.4 is 0 Å². The van der Waals surface area contributed by atoms with Gasteiger partial charge in [0.25, 0.3) is 0 Å². The molecular formula is C12H8ClFN4. The second-order valence-electron chi connectivity index (χ2n) is 3.84. The smallest absolute Gasteiger partial charge is 0.168 e. The number of hydrogen-bond donors (Lipinski definition) is 0. The van der Waals surface area contributed by atoms with Crippen LogP contribution in [0.3, 0.4) is 0 Å². The highest BCUT2D eigenvalue weighted by atomic mass is 35.5. The van der Waals surface area contributed by atoms with Gasteiger partial charge in [-0.1, -0.05) is 17.7 Å². The third kappa shape index (κ3) is 1.73. The van der Waals surface area contributed by atoms with Crippen LogP contribution in [0.2, 0.25) is 5.15 Å². The van der Waals surface area contributed by atoms with Gasteiger partial charge in [0.15, 0.2) is 5.65 Å². The lowest BCUT2D eigenvalue weighted by Gasteiger charge is -2.03. The number of halogens is 2. The minimum absolute atomic E-state index is 0.326. The quantitative estimate of drug-likeness (QED) is 0.634. The fourth-order valence-electron chi connectivity index (χ4n) is 1.77. The number of hydrogen-bond acceptors (Lipinski definition) is 3.